The Kier molecular flexibility index (Phi) is 3.77. The van der Waals surface area contributed by atoms with Gasteiger partial charge in [0.2, 0.25) is 5.91 Å². The highest BCUT2D eigenvalue weighted by atomic mass is 35.5. The summed E-state index contributed by atoms with van der Waals surface area (Å²) in [6.07, 6.45) is 0.570. The second-order valence-corrected chi connectivity index (χ2v) is 5.96. The van der Waals surface area contributed by atoms with Crippen LogP contribution in [0.5, 0.6) is 0 Å². The van der Waals surface area contributed by atoms with E-state index in [1.165, 1.54) is 4.68 Å². The average molecular weight is 300 g/mol. The number of aryl methyl sites for hydroxylation is 1. The minimum atomic E-state index is -1.02. The standard InChI is InChI=1S/C13H18ClN3O3/c1-13(2,7-14)12(20)17-5-4-9-8(6-17)10(11(18)19)16(3)15-9/h4-7H2,1-3H3,(H,18,19). The first kappa shape index (κ1) is 14.8. The maximum atomic E-state index is 12.4. The van der Waals surface area contributed by atoms with Crippen LogP contribution in [0.15, 0.2) is 0 Å². The van der Waals surface area contributed by atoms with Crippen LogP contribution < -0.4 is 0 Å². The number of halogens is 1. The number of amides is 1. The minimum absolute atomic E-state index is 0.0571. The summed E-state index contributed by atoms with van der Waals surface area (Å²) in [5, 5.41) is 13.5. The third-order valence-corrected chi connectivity index (χ3v) is 4.27. The maximum Gasteiger partial charge on any atom is 0.354 e. The summed E-state index contributed by atoms with van der Waals surface area (Å²) < 4.78 is 1.37. The average Bonchev–Trinajstić information content (AvgIpc) is 2.72. The zero-order valence-corrected chi connectivity index (χ0v) is 12.6. The van der Waals surface area contributed by atoms with E-state index >= 15 is 0 Å². The summed E-state index contributed by atoms with van der Waals surface area (Å²) in [6.45, 7) is 4.41. The highest BCUT2D eigenvalue weighted by Crippen LogP contribution is 2.27. The van der Waals surface area contributed by atoms with Crippen molar-refractivity contribution in [3.05, 3.63) is 17.0 Å². The lowest BCUT2D eigenvalue weighted by molar-refractivity contribution is -0.140. The highest BCUT2D eigenvalue weighted by Gasteiger charge is 2.35. The first-order valence-corrected chi connectivity index (χ1v) is 6.94. The van der Waals surface area contributed by atoms with Crippen molar-refractivity contribution in [1.82, 2.24) is 14.7 Å². The van der Waals surface area contributed by atoms with Crippen molar-refractivity contribution >= 4 is 23.5 Å². The van der Waals surface area contributed by atoms with E-state index in [-0.39, 0.29) is 24.0 Å². The molecule has 1 aromatic rings. The molecule has 110 valence electrons. The molecule has 6 nitrogen and oxygen atoms in total. The van der Waals surface area contributed by atoms with Gasteiger partial charge < -0.3 is 10.0 Å². The van der Waals surface area contributed by atoms with Crippen molar-refractivity contribution in [1.29, 1.82) is 0 Å². The maximum absolute atomic E-state index is 12.4. The first-order chi connectivity index (χ1) is 9.27. The molecule has 0 aliphatic carbocycles. The summed E-state index contributed by atoms with van der Waals surface area (Å²) in [7, 11) is 1.61. The van der Waals surface area contributed by atoms with Crippen LogP contribution in [0.25, 0.3) is 0 Å². The van der Waals surface area contributed by atoms with Gasteiger partial charge in [0.15, 0.2) is 5.69 Å². The van der Waals surface area contributed by atoms with Crippen molar-refractivity contribution < 1.29 is 14.7 Å². The lowest BCUT2D eigenvalue weighted by Gasteiger charge is -2.33. The summed E-state index contributed by atoms with van der Waals surface area (Å²) in [4.78, 5) is 25.4. The van der Waals surface area contributed by atoms with Gasteiger partial charge >= 0.3 is 5.97 Å². The molecule has 0 unspecified atom stereocenters. The molecule has 20 heavy (non-hydrogen) atoms. The number of aromatic carboxylic acids is 1. The molecular weight excluding hydrogens is 282 g/mol. The first-order valence-electron chi connectivity index (χ1n) is 6.41. The van der Waals surface area contributed by atoms with Crippen LogP contribution in [-0.2, 0) is 24.8 Å². The Balaban J connectivity index is 2.31. The molecule has 2 heterocycles. The van der Waals surface area contributed by atoms with Crippen LogP contribution >= 0.6 is 11.6 Å². The van der Waals surface area contributed by atoms with Crippen LogP contribution in [0.1, 0.15) is 35.6 Å². The summed E-state index contributed by atoms with van der Waals surface area (Å²) in [5.74, 6) is -0.848. The Labute approximate surface area is 122 Å². The lowest BCUT2D eigenvalue weighted by atomic mass is 9.92. The van der Waals surface area contributed by atoms with E-state index in [9.17, 15) is 14.7 Å². The van der Waals surface area contributed by atoms with Crippen LogP contribution in [0.4, 0.5) is 0 Å². The number of carbonyl (C=O) groups excluding carboxylic acids is 1. The van der Waals surface area contributed by atoms with Crippen LogP contribution in [-0.4, -0.2) is 44.1 Å². The SMILES string of the molecule is Cn1nc2c(c1C(=O)O)CN(C(=O)C(C)(C)CCl)CC2. The molecule has 1 aromatic heterocycles. The van der Waals surface area contributed by atoms with E-state index in [4.69, 9.17) is 11.6 Å². The number of carbonyl (C=O) groups is 2. The third kappa shape index (κ3) is 2.40. The normalized spacial score (nSPS) is 15.1. The van der Waals surface area contributed by atoms with Crippen LogP contribution in [0.2, 0.25) is 0 Å². The fourth-order valence-electron chi connectivity index (χ4n) is 2.43. The summed E-state index contributed by atoms with van der Waals surface area (Å²) in [6, 6.07) is 0. The van der Waals surface area contributed by atoms with Crippen LogP contribution in [0.3, 0.4) is 0 Å². The van der Waals surface area contributed by atoms with Gasteiger partial charge in [0.1, 0.15) is 0 Å². The van der Waals surface area contributed by atoms with E-state index in [1.54, 1.807) is 25.8 Å². The van der Waals surface area contributed by atoms with Crippen molar-refractivity contribution in [3.63, 3.8) is 0 Å². The molecule has 1 aliphatic rings. The molecule has 0 bridgehead atoms. The number of nitrogens with zero attached hydrogens (tertiary/aromatic N) is 3. The fourth-order valence-corrected chi connectivity index (χ4v) is 2.54. The number of hydrogen-bond donors (Lipinski definition) is 1. The van der Waals surface area contributed by atoms with Gasteiger partial charge in [0.05, 0.1) is 11.1 Å². The lowest BCUT2D eigenvalue weighted by Crippen LogP contribution is -2.44. The van der Waals surface area contributed by atoms with E-state index in [1.807, 2.05) is 0 Å². The Morgan fingerprint density at radius 2 is 2.10 bits per heavy atom. The van der Waals surface area contributed by atoms with Crippen molar-refractivity contribution in [3.8, 4) is 0 Å². The molecule has 2 rings (SSSR count). The summed E-state index contributed by atoms with van der Waals surface area (Å²) in [5.41, 5.74) is 0.897. The van der Waals surface area contributed by atoms with Crippen LogP contribution in [0, 0.1) is 5.41 Å². The van der Waals surface area contributed by atoms with Gasteiger partial charge in [-0.3, -0.25) is 9.48 Å². The van der Waals surface area contributed by atoms with Gasteiger partial charge in [-0.15, -0.1) is 11.6 Å². The third-order valence-electron chi connectivity index (χ3n) is 3.60. The number of aromatic nitrogens is 2. The number of hydrogen-bond acceptors (Lipinski definition) is 3. The fraction of sp³-hybridized carbons (Fsp3) is 0.615. The van der Waals surface area contributed by atoms with E-state index < -0.39 is 11.4 Å². The number of carboxylic acid groups (broad SMARTS) is 1. The minimum Gasteiger partial charge on any atom is -0.477 e. The second-order valence-electron chi connectivity index (χ2n) is 5.70. The largest absolute Gasteiger partial charge is 0.477 e. The van der Waals surface area contributed by atoms with Gasteiger partial charge in [0.25, 0.3) is 0 Å². The topological polar surface area (TPSA) is 75.4 Å². The molecule has 7 heteroatoms. The Morgan fingerprint density at radius 1 is 1.45 bits per heavy atom. The molecule has 0 spiro atoms. The zero-order chi connectivity index (χ0) is 15.1. The quantitative estimate of drug-likeness (QED) is 0.853. The molecule has 1 aliphatic heterocycles. The molecule has 0 fully saturated rings. The van der Waals surface area contributed by atoms with E-state index in [0.717, 1.165) is 5.69 Å². The Hall–Kier alpha value is -1.56. The number of fused-ring (bicyclic) bond motifs is 1. The van der Waals surface area contributed by atoms with Gasteiger partial charge in [-0.1, -0.05) is 0 Å². The molecular formula is C13H18ClN3O3. The van der Waals surface area contributed by atoms with Gasteiger partial charge in [0, 0.05) is 38.0 Å². The molecule has 0 saturated carbocycles. The molecule has 0 aromatic carbocycles. The molecule has 1 N–H and O–H groups in total. The highest BCUT2D eigenvalue weighted by molar-refractivity contribution is 6.19. The van der Waals surface area contributed by atoms with Crippen molar-refractivity contribution in [2.45, 2.75) is 26.8 Å². The summed E-state index contributed by atoms with van der Waals surface area (Å²) >= 11 is 5.84. The van der Waals surface area contributed by atoms with Crippen molar-refractivity contribution in [2.75, 3.05) is 12.4 Å². The van der Waals surface area contributed by atoms with Gasteiger partial charge in [-0.2, -0.15) is 5.10 Å². The second kappa shape index (κ2) is 5.09. The van der Waals surface area contributed by atoms with Crippen molar-refractivity contribution in [2.24, 2.45) is 12.5 Å². The predicted molar refractivity (Wildman–Crippen MR) is 73.8 cm³/mol. The smallest absolute Gasteiger partial charge is 0.354 e. The monoisotopic (exact) mass is 299 g/mol. The van der Waals surface area contributed by atoms with Gasteiger partial charge in [-0.25, -0.2) is 4.79 Å². The molecule has 1 amide bonds. The van der Waals surface area contributed by atoms with Gasteiger partial charge in [-0.05, 0) is 13.8 Å². The molecule has 0 atom stereocenters. The number of carboxylic acids is 1. The number of alkyl halides is 1. The zero-order valence-electron chi connectivity index (χ0n) is 11.8. The molecule has 0 radical (unpaired) electrons. The number of rotatable bonds is 3. The predicted octanol–water partition coefficient (Wildman–Crippen LogP) is 1.27. The Morgan fingerprint density at radius 3 is 2.65 bits per heavy atom. The van der Waals surface area contributed by atoms with E-state index in [2.05, 4.69) is 5.10 Å². The molecule has 0 saturated heterocycles. The Bertz CT molecular complexity index is 565. The van der Waals surface area contributed by atoms with E-state index in [0.29, 0.717) is 18.5 Å².